The zero-order valence-corrected chi connectivity index (χ0v) is 10.1. The average molecular weight is 198 g/mol. The SMILES string of the molecule is O=S([O-])CC12CCC(CC1)O2.[Na+]. The van der Waals surface area contributed by atoms with Crippen LogP contribution in [-0.2, 0) is 15.8 Å². The van der Waals surface area contributed by atoms with Crippen molar-refractivity contribution in [1.82, 2.24) is 0 Å². The fraction of sp³-hybridized carbons (Fsp3) is 1.00. The Hall–Kier alpha value is 1.07. The van der Waals surface area contributed by atoms with Crippen LogP contribution in [0.15, 0.2) is 0 Å². The van der Waals surface area contributed by atoms with Crippen LogP contribution in [0.4, 0.5) is 0 Å². The van der Waals surface area contributed by atoms with Gasteiger partial charge in [0.1, 0.15) is 0 Å². The topological polar surface area (TPSA) is 49.4 Å². The molecule has 2 fully saturated rings. The number of ether oxygens (including phenoxy) is 1. The summed E-state index contributed by atoms with van der Waals surface area (Å²) in [6, 6.07) is 0. The van der Waals surface area contributed by atoms with Gasteiger partial charge in [0.15, 0.2) is 0 Å². The number of hydrogen-bond acceptors (Lipinski definition) is 3. The Bertz CT molecular complexity index is 189. The molecule has 2 aliphatic rings. The van der Waals surface area contributed by atoms with Crippen molar-refractivity contribution < 1.29 is 43.1 Å². The zero-order chi connectivity index (χ0) is 7.90. The summed E-state index contributed by atoms with van der Waals surface area (Å²) in [5.41, 5.74) is -0.280. The molecule has 2 aliphatic heterocycles. The quantitative estimate of drug-likeness (QED) is 0.366. The minimum absolute atomic E-state index is 0. The summed E-state index contributed by atoms with van der Waals surface area (Å²) in [5, 5.41) is 0. The fourth-order valence-electron chi connectivity index (χ4n) is 2.10. The van der Waals surface area contributed by atoms with Gasteiger partial charge in [0.25, 0.3) is 0 Å². The van der Waals surface area contributed by atoms with E-state index in [9.17, 15) is 8.76 Å². The third kappa shape index (κ3) is 2.11. The molecule has 0 amide bonds. The molecule has 2 saturated heterocycles. The Kier molecular flexibility index (Phi) is 3.78. The Morgan fingerprint density at radius 2 is 2.08 bits per heavy atom. The second-order valence-corrected chi connectivity index (χ2v) is 4.34. The maximum absolute atomic E-state index is 10.5. The molecular formula is C7H11NaO3S. The van der Waals surface area contributed by atoms with Crippen LogP contribution >= 0.6 is 0 Å². The van der Waals surface area contributed by atoms with Crippen molar-refractivity contribution in [3.05, 3.63) is 0 Å². The van der Waals surface area contributed by atoms with E-state index in [1.165, 1.54) is 0 Å². The maximum atomic E-state index is 10.5. The Morgan fingerprint density at radius 3 is 2.42 bits per heavy atom. The molecule has 0 saturated carbocycles. The van der Waals surface area contributed by atoms with Crippen LogP contribution in [0.3, 0.4) is 0 Å². The Morgan fingerprint density at radius 1 is 1.50 bits per heavy atom. The molecule has 12 heavy (non-hydrogen) atoms. The first kappa shape index (κ1) is 11.1. The summed E-state index contributed by atoms with van der Waals surface area (Å²) in [6.07, 6.45) is 4.34. The predicted octanol–water partition coefficient (Wildman–Crippen LogP) is -2.42. The maximum Gasteiger partial charge on any atom is 1.00 e. The van der Waals surface area contributed by atoms with Gasteiger partial charge in [0.2, 0.25) is 0 Å². The average Bonchev–Trinajstić information content (AvgIpc) is 2.43. The first-order valence-corrected chi connectivity index (χ1v) is 5.18. The summed E-state index contributed by atoms with van der Waals surface area (Å²) < 4.78 is 26.5. The van der Waals surface area contributed by atoms with E-state index < -0.39 is 11.1 Å². The zero-order valence-electron chi connectivity index (χ0n) is 7.25. The van der Waals surface area contributed by atoms with Crippen molar-refractivity contribution in [1.29, 1.82) is 0 Å². The predicted molar refractivity (Wildman–Crippen MR) is 39.9 cm³/mol. The largest absolute Gasteiger partial charge is 1.00 e. The normalized spacial score (nSPS) is 40.9. The van der Waals surface area contributed by atoms with E-state index in [1.54, 1.807) is 0 Å². The van der Waals surface area contributed by atoms with E-state index in [-0.39, 0.29) is 40.9 Å². The van der Waals surface area contributed by atoms with E-state index >= 15 is 0 Å². The summed E-state index contributed by atoms with van der Waals surface area (Å²) in [4.78, 5) is 0. The van der Waals surface area contributed by atoms with Gasteiger partial charge in [-0.15, -0.1) is 0 Å². The molecular weight excluding hydrogens is 187 g/mol. The minimum atomic E-state index is -1.94. The first-order chi connectivity index (χ1) is 5.20. The summed E-state index contributed by atoms with van der Waals surface area (Å²) in [6.45, 7) is 0. The molecule has 1 unspecified atom stereocenters. The molecule has 5 heteroatoms. The van der Waals surface area contributed by atoms with Crippen molar-refractivity contribution in [3.8, 4) is 0 Å². The molecule has 2 rings (SSSR count). The van der Waals surface area contributed by atoms with Crippen molar-refractivity contribution >= 4 is 11.1 Å². The van der Waals surface area contributed by atoms with Crippen molar-refractivity contribution in [2.24, 2.45) is 0 Å². The molecule has 0 spiro atoms. The summed E-state index contributed by atoms with van der Waals surface area (Å²) in [5.74, 6) is 0.198. The molecule has 0 N–H and O–H groups in total. The smallest absolute Gasteiger partial charge is 0.772 e. The number of rotatable bonds is 2. The molecule has 2 bridgehead atoms. The third-order valence-corrected chi connectivity index (χ3v) is 3.40. The molecule has 2 heterocycles. The monoisotopic (exact) mass is 198 g/mol. The fourth-order valence-corrected chi connectivity index (χ4v) is 2.89. The van der Waals surface area contributed by atoms with Crippen LogP contribution in [0.1, 0.15) is 25.7 Å². The second-order valence-electron chi connectivity index (χ2n) is 3.45. The van der Waals surface area contributed by atoms with Crippen LogP contribution in [-0.4, -0.2) is 26.2 Å². The number of hydrogen-bond donors (Lipinski definition) is 0. The van der Waals surface area contributed by atoms with E-state index in [0.29, 0.717) is 6.10 Å². The Labute approximate surface area is 96.8 Å². The standard InChI is InChI=1S/C7H12O3S.Na/c8-11(9)5-7-3-1-6(10-7)2-4-7;/h6H,1-5H2,(H,8,9);/q;+1/p-1. The van der Waals surface area contributed by atoms with Crippen molar-refractivity contribution in [2.75, 3.05) is 5.75 Å². The van der Waals surface area contributed by atoms with Gasteiger partial charge in [0.05, 0.1) is 11.7 Å². The molecule has 0 radical (unpaired) electrons. The van der Waals surface area contributed by atoms with Gasteiger partial charge < -0.3 is 9.29 Å². The molecule has 3 nitrogen and oxygen atoms in total. The van der Waals surface area contributed by atoms with Gasteiger partial charge >= 0.3 is 29.6 Å². The van der Waals surface area contributed by atoms with Crippen molar-refractivity contribution in [2.45, 2.75) is 37.4 Å². The summed E-state index contributed by atoms with van der Waals surface area (Å²) in [7, 11) is 0. The van der Waals surface area contributed by atoms with E-state index in [0.717, 1.165) is 25.7 Å². The van der Waals surface area contributed by atoms with E-state index in [4.69, 9.17) is 4.74 Å². The van der Waals surface area contributed by atoms with Gasteiger partial charge in [-0.05, 0) is 25.7 Å². The van der Waals surface area contributed by atoms with Gasteiger partial charge in [-0.25, -0.2) is 0 Å². The van der Waals surface area contributed by atoms with Gasteiger partial charge in [-0.3, -0.25) is 4.21 Å². The molecule has 0 aromatic heterocycles. The minimum Gasteiger partial charge on any atom is -0.772 e. The first-order valence-electron chi connectivity index (χ1n) is 3.94. The molecule has 0 aromatic carbocycles. The van der Waals surface area contributed by atoms with Crippen LogP contribution < -0.4 is 29.6 Å². The third-order valence-electron chi connectivity index (χ3n) is 2.64. The summed E-state index contributed by atoms with van der Waals surface area (Å²) >= 11 is -1.94. The van der Waals surface area contributed by atoms with Gasteiger partial charge in [-0.1, -0.05) is 11.1 Å². The van der Waals surface area contributed by atoms with Crippen molar-refractivity contribution in [3.63, 3.8) is 0 Å². The molecule has 0 aliphatic carbocycles. The van der Waals surface area contributed by atoms with Crippen LogP contribution in [0.2, 0.25) is 0 Å². The van der Waals surface area contributed by atoms with E-state index in [1.807, 2.05) is 0 Å². The molecule has 0 aromatic rings. The number of fused-ring (bicyclic) bond motifs is 2. The Balaban J connectivity index is 0.000000720. The molecule has 1 atom stereocenters. The van der Waals surface area contributed by atoms with Gasteiger partial charge in [0, 0.05) is 5.75 Å². The van der Waals surface area contributed by atoms with Crippen LogP contribution in [0.5, 0.6) is 0 Å². The second kappa shape index (κ2) is 4.07. The van der Waals surface area contributed by atoms with Crippen LogP contribution in [0.25, 0.3) is 0 Å². The van der Waals surface area contributed by atoms with Crippen LogP contribution in [0, 0.1) is 0 Å². The molecule has 64 valence electrons. The van der Waals surface area contributed by atoms with Gasteiger partial charge in [-0.2, -0.15) is 0 Å². The van der Waals surface area contributed by atoms with E-state index in [2.05, 4.69) is 0 Å².